The van der Waals surface area contributed by atoms with Crippen LogP contribution in [-0.4, -0.2) is 30.1 Å². The van der Waals surface area contributed by atoms with Crippen molar-refractivity contribution in [2.75, 3.05) is 19.8 Å². The first kappa shape index (κ1) is 15.9. The highest BCUT2D eigenvalue weighted by Crippen LogP contribution is 2.17. The molecule has 0 saturated carbocycles. The zero-order valence-corrected chi connectivity index (χ0v) is 12.3. The van der Waals surface area contributed by atoms with Crippen LogP contribution < -0.4 is 0 Å². The number of hydrogen-bond donors (Lipinski definition) is 0. The average molecular weight is 295 g/mol. The Hall–Kier alpha value is -0.0900. The number of halogens is 1. The third-order valence-electron chi connectivity index (χ3n) is 2.02. The SMILES string of the molecule is CC(C)CCCOCCOC(=O)C(C)(C)Br. The molecule has 16 heavy (non-hydrogen) atoms. The molecule has 0 saturated heterocycles. The van der Waals surface area contributed by atoms with Gasteiger partial charge >= 0.3 is 5.97 Å². The minimum Gasteiger partial charge on any atom is -0.462 e. The van der Waals surface area contributed by atoms with Crippen molar-refractivity contribution in [2.45, 2.75) is 44.9 Å². The second-order valence-corrected chi connectivity index (χ2v) is 6.74. The molecule has 0 amide bonds. The molecule has 3 nitrogen and oxygen atoms in total. The van der Waals surface area contributed by atoms with Crippen LogP contribution in [-0.2, 0) is 14.3 Å². The summed E-state index contributed by atoms with van der Waals surface area (Å²) in [4.78, 5) is 11.3. The number of ether oxygens (including phenoxy) is 2. The summed E-state index contributed by atoms with van der Waals surface area (Å²) >= 11 is 3.24. The van der Waals surface area contributed by atoms with Crippen LogP contribution in [0.5, 0.6) is 0 Å². The van der Waals surface area contributed by atoms with Crippen LogP contribution in [0.4, 0.5) is 0 Å². The molecule has 0 aliphatic carbocycles. The first-order chi connectivity index (χ1) is 7.34. The van der Waals surface area contributed by atoms with E-state index in [1.165, 1.54) is 6.42 Å². The summed E-state index contributed by atoms with van der Waals surface area (Å²) in [6.45, 7) is 9.47. The van der Waals surface area contributed by atoms with Gasteiger partial charge in [0.05, 0.1) is 6.61 Å². The Morgan fingerprint density at radius 3 is 2.38 bits per heavy atom. The van der Waals surface area contributed by atoms with Crippen LogP contribution in [0.3, 0.4) is 0 Å². The van der Waals surface area contributed by atoms with E-state index in [1.54, 1.807) is 13.8 Å². The molecule has 0 aliphatic heterocycles. The molecule has 4 heteroatoms. The molecular formula is C12H23BrO3. The molecule has 0 aromatic heterocycles. The van der Waals surface area contributed by atoms with E-state index in [4.69, 9.17) is 9.47 Å². The maximum absolute atomic E-state index is 11.3. The van der Waals surface area contributed by atoms with E-state index in [-0.39, 0.29) is 5.97 Å². The fourth-order valence-electron chi connectivity index (χ4n) is 1.06. The van der Waals surface area contributed by atoms with E-state index in [9.17, 15) is 4.79 Å². The second-order valence-electron chi connectivity index (χ2n) is 4.76. The van der Waals surface area contributed by atoms with E-state index in [2.05, 4.69) is 29.8 Å². The lowest BCUT2D eigenvalue weighted by atomic mass is 10.1. The molecule has 0 N–H and O–H groups in total. The summed E-state index contributed by atoms with van der Waals surface area (Å²) in [6.07, 6.45) is 2.24. The van der Waals surface area contributed by atoms with Crippen LogP contribution in [0, 0.1) is 5.92 Å². The number of carbonyl (C=O) groups is 1. The quantitative estimate of drug-likeness (QED) is 0.392. The smallest absolute Gasteiger partial charge is 0.322 e. The highest BCUT2D eigenvalue weighted by molar-refractivity contribution is 9.10. The van der Waals surface area contributed by atoms with Gasteiger partial charge in [0.1, 0.15) is 10.9 Å². The Morgan fingerprint density at radius 2 is 1.88 bits per heavy atom. The summed E-state index contributed by atoms with van der Waals surface area (Å²) in [5.41, 5.74) is 0. The fourth-order valence-corrected chi connectivity index (χ4v) is 1.18. The van der Waals surface area contributed by atoms with Crippen molar-refractivity contribution in [1.29, 1.82) is 0 Å². The average Bonchev–Trinajstić information content (AvgIpc) is 2.14. The molecule has 0 aliphatic rings. The summed E-state index contributed by atoms with van der Waals surface area (Å²) in [5, 5.41) is 0. The Kier molecular flexibility index (Phi) is 8.02. The van der Waals surface area contributed by atoms with Crippen molar-refractivity contribution in [1.82, 2.24) is 0 Å². The van der Waals surface area contributed by atoms with E-state index in [0.717, 1.165) is 18.9 Å². The van der Waals surface area contributed by atoms with E-state index in [1.807, 2.05) is 0 Å². The van der Waals surface area contributed by atoms with E-state index in [0.29, 0.717) is 13.2 Å². The zero-order chi connectivity index (χ0) is 12.6. The van der Waals surface area contributed by atoms with Gasteiger partial charge in [-0.3, -0.25) is 4.79 Å². The summed E-state index contributed by atoms with van der Waals surface area (Å²) in [5.74, 6) is 0.467. The van der Waals surface area contributed by atoms with Gasteiger partial charge in [0, 0.05) is 6.61 Å². The van der Waals surface area contributed by atoms with Crippen molar-refractivity contribution in [3.05, 3.63) is 0 Å². The number of esters is 1. The van der Waals surface area contributed by atoms with Crippen LogP contribution in [0.25, 0.3) is 0 Å². The van der Waals surface area contributed by atoms with Crippen molar-refractivity contribution in [2.24, 2.45) is 5.92 Å². The Balaban J connectivity index is 3.31. The lowest BCUT2D eigenvalue weighted by molar-refractivity contribution is -0.146. The van der Waals surface area contributed by atoms with Gasteiger partial charge in [0.25, 0.3) is 0 Å². The maximum atomic E-state index is 11.3. The molecular weight excluding hydrogens is 272 g/mol. The molecule has 0 radical (unpaired) electrons. The first-order valence-corrected chi connectivity index (χ1v) is 6.57. The zero-order valence-electron chi connectivity index (χ0n) is 10.7. The Morgan fingerprint density at radius 1 is 1.25 bits per heavy atom. The number of carbonyl (C=O) groups excluding carboxylic acids is 1. The molecule has 0 unspecified atom stereocenters. The fraction of sp³-hybridized carbons (Fsp3) is 0.917. The van der Waals surface area contributed by atoms with Gasteiger partial charge in [-0.05, 0) is 32.6 Å². The summed E-state index contributed by atoms with van der Waals surface area (Å²) < 4.78 is 9.77. The normalized spacial score (nSPS) is 11.9. The van der Waals surface area contributed by atoms with Gasteiger partial charge in [-0.2, -0.15) is 0 Å². The molecule has 96 valence electrons. The van der Waals surface area contributed by atoms with E-state index < -0.39 is 4.32 Å². The molecule has 0 aromatic rings. The second kappa shape index (κ2) is 8.07. The maximum Gasteiger partial charge on any atom is 0.322 e. The highest BCUT2D eigenvalue weighted by atomic mass is 79.9. The van der Waals surface area contributed by atoms with Gasteiger partial charge in [0.2, 0.25) is 0 Å². The highest BCUT2D eigenvalue weighted by Gasteiger charge is 2.24. The predicted molar refractivity (Wildman–Crippen MR) is 68.9 cm³/mol. The molecule has 0 heterocycles. The molecule has 0 aromatic carbocycles. The van der Waals surface area contributed by atoms with E-state index >= 15 is 0 Å². The van der Waals surface area contributed by atoms with Gasteiger partial charge in [-0.15, -0.1) is 0 Å². The van der Waals surface area contributed by atoms with Gasteiger partial charge in [0.15, 0.2) is 0 Å². The van der Waals surface area contributed by atoms with Crippen molar-refractivity contribution < 1.29 is 14.3 Å². The standard InChI is InChI=1S/C12H23BrO3/c1-10(2)6-5-7-15-8-9-16-11(14)12(3,4)13/h10H,5-9H2,1-4H3. The number of alkyl halides is 1. The lowest BCUT2D eigenvalue weighted by Gasteiger charge is -2.14. The van der Waals surface area contributed by atoms with Crippen LogP contribution in [0.2, 0.25) is 0 Å². The van der Waals surface area contributed by atoms with Crippen LogP contribution >= 0.6 is 15.9 Å². The third-order valence-corrected chi connectivity index (χ3v) is 2.34. The first-order valence-electron chi connectivity index (χ1n) is 5.78. The van der Waals surface area contributed by atoms with Gasteiger partial charge < -0.3 is 9.47 Å². The van der Waals surface area contributed by atoms with Gasteiger partial charge in [-0.25, -0.2) is 0 Å². The largest absolute Gasteiger partial charge is 0.462 e. The molecule has 0 atom stereocenters. The topological polar surface area (TPSA) is 35.5 Å². The van der Waals surface area contributed by atoms with Crippen molar-refractivity contribution in [3.63, 3.8) is 0 Å². The summed E-state index contributed by atoms with van der Waals surface area (Å²) in [7, 11) is 0. The number of rotatable bonds is 8. The minimum atomic E-state index is -0.607. The Bertz CT molecular complexity index is 197. The monoisotopic (exact) mass is 294 g/mol. The summed E-state index contributed by atoms with van der Waals surface area (Å²) in [6, 6.07) is 0. The van der Waals surface area contributed by atoms with Crippen molar-refractivity contribution >= 4 is 21.9 Å². The molecule has 0 bridgehead atoms. The minimum absolute atomic E-state index is 0.252. The molecule has 0 fully saturated rings. The lowest BCUT2D eigenvalue weighted by Crippen LogP contribution is -2.27. The molecule has 0 spiro atoms. The number of hydrogen-bond acceptors (Lipinski definition) is 3. The Labute approximate surface area is 107 Å². The predicted octanol–water partition coefficient (Wildman–Crippen LogP) is 3.16. The van der Waals surface area contributed by atoms with Crippen LogP contribution in [0.15, 0.2) is 0 Å². The van der Waals surface area contributed by atoms with Gasteiger partial charge in [-0.1, -0.05) is 29.8 Å². The van der Waals surface area contributed by atoms with Crippen molar-refractivity contribution in [3.8, 4) is 0 Å². The molecule has 0 rings (SSSR count). The third kappa shape index (κ3) is 9.16. The van der Waals surface area contributed by atoms with Crippen LogP contribution in [0.1, 0.15) is 40.5 Å².